The molecule has 0 atom stereocenters. The number of phenols is 1. The standard InChI is InChI=1S/C15H22N2O2/c1-11-12(6-5-7-13(11)18)14(19)17-9-8-16(4)15(2,3)10-17/h5-7,18H,8-10H2,1-4H3. The van der Waals surface area contributed by atoms with Crippen LogP contribution in [0.3, 0.4) is 0 Å². The number of hydrogen-bond donors (Lipinski definition) is 1. The highest BCUT2D eigenvalue weighted by Gasteiger charge is 2.33. The first-order valence-electron chi connectivity index (χ1n) is 6.62. The molecule has 4 nitrogen and oxygen atoms in total. The van der Waals surface area contributed by atoms with E-state index in [1.807, 2.05) is 4.90 Å². The van der Waals surface area contributed by atoms with Gasteiger partial charge in [-0.3, -0.25) is 9.69 Å². The van der Waals surface area contributed by atoms with Crippen molar-refractivity contribution < 1.29 is 9.90 Å². The van der Waals surface area contributed by atoms with Gasteiger partial charge in [-0.05, 0) is 40.0 Å². The van der Waals surface area contributed by atoms with Gasteiger partial charge in [0, 0.05) is 36.3 Å². The molecule has 0 aromatic heterocycles. The second kappa shape index (κ2) is 4.85. The van der Waals surface area contributed by atoms with E-state index in [0.29, 0.717) is 17.7 Å². The number of hydrogen-bond acceptors (Lipinski definition) is 3. The summed E-state index contributed by atoms with van der Waals surface area (Å²) >= 11 is 0. The number of rotatable bonds is 1. The van der Waals surface area contributed by atoms with Crippen LogP contribution in [0.4, 0.5) is 0 Å². The maximum Gasteiger partial charge on any atom is 0.254 e. The van der Waals surface area contributed by atoms with E-state index in [4.69, 9.17) is 0 Å². The van der Waals surface area contributed by atoms with Crippen LogP contribution < -0.4 is 0 Å². The smallest absolute Gasteiger partial charge is 0.254 e. The van der Waals surface area contributed by atoms with Crippen LogP contribution in [0, 0.1) is 6.92 Å². The maximum absolute atomic E-state index is 12.6. The van der Waals surface area contributed by atoms with Gasteiger partial charge in [0.25, 0.3) is 5.91 Å². The Balaban J connectivity index is 2.23. The average molecular weight is 262 g/mol. The molecule has 1 N–H and O–H groups in total. The lowest BCUT2D eigenvalue weighted by Gasteiger charge is -2.45. The van der Waals surface area contributed by atoms with Gasteiger partial charge in [-0.15, -0.1) is 0 Å². The average Bonchev–Trinajstić information content (AvgIpc) is 2.35. The van der Waals surface area contributed by atoms with Gasteiger partial charge in [0.15, 0.2) is 0 Å². The molecule has 0 bridgehead atoms. The summed E-state index contributed by atoms with van der Waals surface area (Å²) < 4.78 is 0. The van der Waals surface area contributed by atoms with Crippen LogP contribution in [0.1, 0.15) is 29.8 Å². The molecule has 1 amide bonds. The molecule has 0 spiro atoms. The molecular formula is C15H22N2O2. The molecule has 0 aliphatic carbocycles. The highest BCUT2D eigenvalue weighted by molar-refractivity contribution is 5.96. The summed E-state index contributed by atoms with van der Waals surface area (Å²) in [6.07, 6.45) is 0. The number of benzene rings is 1. The first-order chi connectivity index (χ1) is 8.83. The molecule has 0 saturated carbocycles. The molecular weight excluding hydrogens is 240 g/mol. The second-order valence-corrected chi connectivity index (χ2v) is 5.91. The number of carbonyl (C=O) groups is 1. The monoisotopic (exact) mass is 262 g/mol. The zero-order valence-corrected chi connectivity index (χ0v) is 12.1. The van der Waals surface area contributed by atoms with E-state index < -0.39 is 0 Å². The van der Waals surface area contributed by atoms with Crippen LogP contribution in [0.15, 0.2) is 18.2 Å². The highest BCUT2D eigenvalue weighted by atomic mass is 16.3. The molecule has 1 aromatic carbocycles. The minimum Gasteiger partial charge on any atom is -0.508 e. The fraction of sp³-hybridized carbons (Fsp3) is 0.533. The van der Waals surface area contributed by atoms with Crippen molar-refractivity contribution in [3.05, 3.63) is 29.3 Å². The Morgan fingerprint density at radius 1 is 1.32 bits per heavy atom. The molecule has 104 valence electrons. The highest BCUT2D eigenvalue weighted by Crippen LogP contribution is 2.24. The lowest BCUT2D eigenvalue weighted by molar-refractivity contribution is 0.0310. The molecule has 1 heterocycles. The number of phenolic OH excluding ortho intramolecular Hbond substituents is 1. The lowest BCUT2D eigenvalue weighted by Crippen LogP contribution is -2.58. The van der Waals surface area contributed by atoms with Crippen molar-refractivity contribution in [2.45, 2.75) is 26.3 Å². The second-order valence-electron chi connectivity index (χ2n) is 5.91. The normalized spacial score (nSPS) is 19.5. The van der Waals surface area contributed by atoms with Gasteiger partial charge in [0.05, 0.1) is 0 Å². The van der Waals surface area contributed by atoms with Crippen LogP contribution in [-0.4, -0.2) is 53.0 Å². The van der Waals surface area contributed by atoms with E-state index >= 15 is 0 Å². The Labute approximate surface area is 114 Å². The zero-order valence-electron chi connectivity index (χ0n) is 12.1. The van der Waals surface area contributed by atoms with Crippen LogP contribution in [0.5, 0.6) is 5.75 Å². The number of aromatic hydroxyl groups is 1. The largest absolute Gasteiger partial charge is 0.508 e. The minimum atomic E-state index is -0.0152. The van der Waals surface area contributed by atoms with Crippen LogP contribution in [0.2, 0.25) is 0 Å². The number of nitrogens with zero attached hydrogens (tertiary/aromatic N) is 2. The third-order valence-electron chi connectivity index (χ3n) is 4.14. The first kappa shape index (κ1) is 13.9. The van der Waals surface area contributed by atoms with Crippen LogP contribution in [0.25, 0.3) is 0 Å². The van der Waals surface area contributed by atoms with E-state index in [2.05, 4.69) is 25.8 Å². The summed E-state index contributed by atoms with van der Waals surface area (Å²) in [5.41, 5.74) is 1.24. The van der Waals surface area contributed by atoms with Gasteiger partial charge in [0.2, 0.25) is 0 Å². The van der Waals surface area contributed by atoms with Gasteiger partial charge in [-0.25, -0.2) is 0 Å². The van der Waals surface area contributed by atoms with Gasteiger partial charge in [-0.2, -0.15) is 0 Å². The fourth-order valence-corrected chi connectivity index (χ4v) is 2.44. The van der Waals surface area contributed by atoms with Crippen molar-refractivity contribution in [1.82, 2.24) is 9.80 Å². The molecule has 1 aliphatic rings. The molecule has 19 heavy (non-hydrogen) atoms. The topological polar surface area (TPSA) is 43.8 Å². The molecule has 0 radical (unpaired) electrons. The van der Waals surface area contributed by atoms with Crippen LogP contribution >= 0.6 is 0 Å². The summed E-state index contributed by atoms with van der Waals surface area (Å²) in [5, 5.41) is 9.71. The molecule has 2 rings (SSSR count). The molecule has 4 heteroatoms. The predicted octanol–water partition coefficient (Wildman–Crippen LogP) is 1.87. The Bertz CT molecular complexity index is 497. The number of carbonyl (C=O) groups excluding carboxylic acids is 1. The Hall–Kier alpha value is -1.55. The van der Waals surface area contributed by atoms with Gasteiger partial charge in [-0.1, -0.05) is 6.07 Å². The van der Waals surface area contributed by atoms with Crippen molar-refractivity contribution in [3.63, 3.8) is 0 Å². The summed E-state index contributed by atoms with van der Waals surface area (Å²) in [4.78, 5) is 16.7. The molecule has 1 fully saturated rings. The van der Waals surface area contributed by atoms with Crippen molar-refractivity contribution in [3.8, 4) is 5.75 Å². The summed E-state index contributed by atoms with van der Waals surface area (Å²) in [5.74, 6) is 0.189. The maximum atomic E-state index is 12.6. The summed E-state index contributed by atoms with van der Waals surface area (Å²) in [7, 11) is 2.08. The van der Waals surface area contributed by atoms with Gasteiger partial charge >= 0.3 is 0 Å². The molecule has 1 saturated heterocycles. The minimum absolute atomic E-state index is 0.00887. The SMILES string of the molecule is Cc1c(O)cccc1C(=O)N1CCN(C)C(C)(C)C1. The third kappa shape index (κ3) is 2.59. The van der Waals surface area contributed by atoms with Crippen molar-refractivity contribution >= 4 is 5.91 Å². The van der Waals surface area contributed by atoms with Crippen molar-refractivity contribution in [1.29, 1.82) is 0 Å². The molecule has 0 unspecified atom stereocenters. The van der Waals surface area contributed by atoms with Crippen molar-refractivity contribution in [2.75, 3.05) is 26.7 Å². The number of likely N-dealkylation sites (N-methyl/N-ethyl adjacent to an activating group) is 1. The van der Waals surface area contributed by atoms with E-state index in [9.17, 15) is 9.90 Å². The molecule has 1 aromatic rings. The van der Waals surface area contributed by atoms with E-state index in [-0.39, 0.29) is 17.2 Å². The lowest BCUT2D eigenvalue weighted by atomic mass is 9.98. The fourth-order valence-electron chi connectivity index (χ4n) is 2.44. The Morgan fingerprint density at radius 3 is 2.63 bits per heavy atom. The third-order valence-corrected chi connectivity index (χ3v) is 4.14. The predicted molar refractivity (Wildman–Crippen MR) is 75.5 cm³/mol. The van der Waals surface area contributed by atoms with Crippen molar-refractivity contribution in [2.24, 2.45) is 0 Å². The zero-order chi connectivity index (χ0) is 14.2. The summed E-state index contributed by atoms with van der Waals surface area (Å²) in [6, 6.07) is 5.11. The number of amides is 1. The van der Waals surface area contributed by atoms with E-state index in [1.165, 1.54) is 0 Å². The molecule has 1 aliphatic heterocycles. The quantitative estimate of drug-likeness (QED) is 0.840. The first-order valence-corrected chi connectivity index (χ1v) is 6.62. The summed E-state index contributed by atoms with van der Waals surface area (Å²) in [6.45, 7) is 8.37. The van der Waals surface area contributed by atoms with E-state index in [1.54, 1.807) is 25.1 Å². The Morgan fingerprint density at radius 2 is 2.00 bits per heavy atom. The van der Waals surface area contributed by atoms with E-state index in [0.717, 1.165) is 13.1 Å². The van der Waals surface area contributed by atoms with Gasteiger partial charge < -0.3 is 10.0 Å². The van der Waals surface area contributed by atoms with Crippen LogP contribution in [-0.2, 0) is 0 Å². The van der Waals surface area contributed by atoms with Gasteiger partial charge in [0.1, 0.15) is 5.75 Å². The number of piperazine rings is 1. The Kier molecular flexibility index (Phi) is 3.54.